The Labute approximate surface area is 153 Å². The van der Waals surface area contributed by atoms with E-state index in [1.54, 1.807) is 0 Å². The predicted molar refractivity (Wildman–Crippen MR) is 94.2 cm³/mol. The number of ether oxygens (including phenoxy) is 3. The number of ketones is 2. The van der Waals surface area contributed by atoms with Gasteiger partial charge in [-0.3, -0.25) is 14.5 Å². The zero-order valence-electron chi connectivity index (χ0n) is 15.3. The number of benzene rings is 1. The molecular formula is C20H25NO5. The summed E-state index contributed by atoms with van der Waals surface area (Å²) < 4.78 is 16.4. The molecule has 140 valence electrons. The third-order valence-corrected chi connectivity index (χ3v) is 5.49. The molecule has 26 heavy (non-hydrogen) atoms. The minimum Gasteiger partial charge on any atom is -0.454 e. The highest BCUT2D eigenvalue weighted by atomic mass is 16.7. The van der Waals surface area contributed by atoms with Crippen LogP contribution in [0.5, 0.6) is 11.5 Å². The zero-order chi connectivity index (χ0) is 18.3. The molecule has 0 amide bonds. The van der Waals surface area contributed by atoms with E-state index in [0.29, 0.717) is 50.6 Å². The number of hydrogen-bond donors (Lipinski definition) is 0. The summed E-state index contributed by atoms with van der Waals surface area (Å²) in [7, 11) is 0. The van der Waals surface area contributed by atoms with Crippen LogP contribution >= 0.6 is 0 Å². The second-order valence-electron chi connectivity index (χ2n) is 8.13. The van der Waals surface area contributed by atoms with Gasteiger partial charge in [-0.2, -0.15) is 0 Å². The molecule has 1 saturated carbocycles. The van der Waals surface area contributed by atoms with Crippen LogP contribution in [0.1, 0.15) is 38.3 Å². The minimum absolute atomic E-state index is 0.0420. The third kappa shape index (κ3) is 3.23. The number of rotatable bonds is 3. The monoisotopic (exact) mass is 359 g/mol. The van der Waals surface area contributed by atoms with Crippen molar-refractivity contribution >= 4 is 11.6 Å². The van der Waals surface area contributed by atoms with Gasteiger partial charge in [-0.15, -0.1) is 0 Å². The van der Waals surface area contributed by atoms with Crippen LogP contribution in [0.25, 0.3) is 0 Å². The van der Waals surface area contributed by atoms with Gasteiger partial charge in [0.1, 0.15) is 11.6 Å². The lowest BCUT2D eigenvalue weighted by molar-refractivity contribution is -0.144. The molecule has 1 aliphatic carbocycles. The van der Waals surface area contributed by atoms with E-state index in [0.717, 1.165) is 5.56 Å². The standard InChI is InChI=1S/C20H25NO5/c1-20(2)10-14(22)18(15(23)11-20)19(21-5-7-24-8-6-21)13-3-4-16-17(9-13)26-12-25-16/h3-4,9,18-19H,5-8,10-12H2,1-2H3. The highest BCUT2D eigenvalue weighted by Crippen LogP contribution is 2.43. The van der Waals surface area contributed by atoms with Crippen molar-refractivity contribution in [1.82, 2.24) is 4.90 Å². The van der Waals surface area contributed by atoms with Gasteiger partial charge < -0.3 is 14.2 Å². The maximum Gasteiger partial charge on any atom is 0.231 e. The minimum atomic E-state index is -0.624. The number of nitrogens with zero attached hydrogens (tertiary/aromatic N) is 1. The molecule has 0 N–H and O–H groups in total. The Kier molecular flexibility index (Phi) is 4.49. The Morgan fingerprint density at radius 2 is 1.69 bits per heavy atom. The van der Waals surface area contributed by atoms with Crippen molar-refractivity contribution < 1.29 is 23.8 Å². The summed E-state index contributed by atoms with van der Waals surface area (Å²) in [5, 5.41) is 0. The van der Waals surface area contributed by atoms with Crippen molar-refractivity contribution in [1.29, 1.82) is 0 Å². The van der Waals surface area contributed by atoms with Crippen LogP contribution in [-0.2, 0) is 14.3 Å². The van der Waals surface area contributed by atoms with Gasteiger partial charge in [-0.1, -0.05) is 19.9 Å². The summed E-state index contributed by atoms with van der Waals surface area (Å²) in [5.41, 5.74) is 0.678. The van der Waals surface area contributed by atoms with Crippen LogP contribution in [0, 0.1) is 11.3 Å². The Morgan fingerprint density at radius 1 is 1.04 bits per heavy atom. The van der Waals surface area contributed by atoms with Crippen LogP contribution in [0.15, 0.2) is 18.2 Å². The number of carbonyl (C=O) groups excluding carboxylic acids is 2. The Balaban J connectivity index is 1.71. The average Bonchev–Trinajstić information content (AvgIpc) is 3.05. The second kappa shape index (κ2) is 6.67. The molecule has 1 unspecified atom stereocenters. The van der Waals surface area contributed by atoms with E-state index < -0.39 is 5.92 Å². The van der Waals surface area contributed by atoms with Crippen LogP contribution in [-0.4, -0.2) is 49.6 Å². The summed E-state index contributed by atoms with van der Waals surface area (Å²) in [5.74, 6) is 0.844. The smallest absolute Gasteiger partial charge is 0.231 e. The molecule has 2 heterocycles. The largest absolute Gasteiger partial charge is 0.454 e. The van der Waals surface area contributed by atoms with Gasteiger partial charge in [-0.25, -0.2) is 0 Å². The molecule has 6 nitrogen and oxygen atoms in total. The molecule has 1 aromatic carbocycles. The molecule has 0 spiro atoms. The summed E-state index contributed by atoms with van der Waals surface area (Å²) >= 11 is 0. The fraction of sp³-hybridized carbons (Fsp3) is 0.600. The normalized spacial score (nSPS) is 24.7. The zero-order valence-corrected chi connectivity index (χ0v) is 15.3. The fourth-order valence-electron chi connectivity index (χ4n) is 4.32. The van der Waals surface area contributed by atoms with E-state index in [9.17, 15) is 9.59 Å². The van der Waals surface area contributed by atoms with Gasteiger partial charge in [0.25, 0.3) is 0 Å². The van der Waals surface area contributed by atoms with E-state index in [1.807, 2.05) is 32.0 Å². The number of carbonyl (C=O) groups is 2. The first-order chi connectivity index (χ1) is 12.4. The van der Waals surface area contributed by atoms with E-state index in [1.165, 1.54) is 0 Å². The summed E-state index contributed by atoms with van der Waals surface area (Å²) in [6.45, 7) is 6.82. The first kappa shape index (κ1) is 17.5. The van der Waals surface area contributed by atoms with E-state index in [4.69, 9.17) is 14.2 Å². The number of hydrogen-bond acceptors (Lipinski definition) is 6. The van der Waals surface area contributed by atoms with Crippen molar-refractivity contribution in [2.24, 2.45) is 11.3 Å². The molecular weight excluding hydrogens is 334 g/mol. The first-order valence-corrected chi connectivity index (χ1v) is 9.21. The van der Waals surface area contributed by atoms with Crippen LogP contribution in [0.4, 0.5) is 0 Å². The molecule has 2 aliphatic heterocycles. The molecule has 0 aromatic heterocycles. The van der Waals surface area contributed by atoms with Crippen molar-refractivity contribution in [3.05, 3.63) is 23.8 Å². The topological polar surface area (TPSA) is 65.1 Å². The van der Waals surface area contributed by atoms with E-state index in [2.05, 4.69) is 4.90 Å². The molecule has 0 bridgehead atoms. The molecule has 6 heteroatoms. The quantitative estimate of drug-likeness (QED) is 0.772. The lowest BCUT2D eigenvalue weighted by Crippen LogP contribution is -2.49. The van der Waals surface area contributed by atoms with Crippen LogP contribution in [0.3, 0.4) is 0 Å². The van der Waals surface area contributed by atoms with Gasteiger partial charge in [0, 0.05) is 25.9 Å². The average molecular weight is 359 g/mol. The Hall–Kier alpha value is -1.92. The fourth-order valence-corrected chi connectivity index (χ4v) is 4.32. The Bertz CT molecular complexity index is 703. The van der Waals surface area contributed by atoms with Crippen molar-refractivity contribution in [3.8, 4) is 11.5 Å². The van der Waals surface area contributed by atoms with Crippen molar-refractivity contribution in [2.75, 3.05) is 33.1 Å². The third-order valence-electron chi connectivity index (χ3n) is 5.49. The lowest BCUT2D eigenvalue weighted by Gasteiger charge is -2.42. The number of Topliss-reactive ketones (excluding diaryl/α,β-unsaturated/α-hetero) is 2. The highest BCUT2D eigenvalue weighted by Gasteiger charge is 2.46. The SMILES string of the molecule is CC1(C)CC(=O)C(C(c2ccc3c(c2)OCO3)N2CCOCC2)C(=O)C1. The van der Waals surface area contributed by atoms with E-state index >= 15 is 0 Å². The van der Waals surface area contributed by atoms with Gasteiger partial charge in [0.05, 0.1) is 25.2 Å². The van der Waals surface area contributed by atoms with Crippen molar-refractivity contribution in [3.63, 3.8) is 0 Å². The van der Waals surface area contributed by atoms with Crippen LogP contribution in [0.2, 0.25) is 0 Å². The first-order valence-electron chi connectivity index (χ1n) is 9.21. The summed E-state index contributed by atoms with van der Waals surface area (Å²) in [6, 6.07) is 5.47. The van der Waals surface area contributed by atoms with Gasteiger partial charge in [0.2, 0.25) is 6.79 Å². The van der Waals surface area contributed by atoms with Crippen molar-refractivity contribution in [2.45, 2.75) is 32.7 Å². The molecule has 0 radical (unpaired) electrons. The number of morpholine rings is 1. The van der Waals surface area contributed by atoms with Crippen LogP contribution < -0.4 is 9.47 Å². The van der Waals surface area contributed by atoms with E-state index in [-0.39, 0.29) is 29.8 Å². The maximum atomic E-state index is 13.0. The molecule has 4 rings (SSSR count). The maximum absolute atomic E-state index is 13.0. The van der Waals surface area contributed by atoms with Gasteiger partial charge in [-0.05, 0) is 23.1 Å². The van der Waals surface area contributed by atoms with Gasteiger partial charge in [0.15, 0.2) is 11.5 Å². The lowest BCUT2D eigenvalue weighted by atomic mass is 9.68. The molecule has 2 fully saturated rings. The molecule has 1 aromatic rings. The summed E-state index contributed by atoms with van der Waals surface area (Å²) in [4.78, 5) is 28.2. The summed E-state index contributed by atoms with van der Waals surface area (Å²) in [6.07, 6.45) is 0.879. The van der Waals surface area contributed by atoms with Gasteiger partial charge >= 0.3 is 0 Å². The highest BCUT2D eigenvalue weighted by molar-refractivity contribution is 6.06. The second-order valence-corrected chi connectivity index (χ2v) is 8.13. The molecule has 3 aliphatic rings. The molecule has 1 atom stereocenters. The number of fused-ring (bicyclic) bond motifs is 1. The molecule has 1 saturated heterocycles. The Morgan fingerprint density at radius 3 is 2.38 bits per heavy atom. The predicted octanol–water partition coefficient (Wildman–Crippen LogP) is 2.36.